The summed E-state index contributed by atoms with van der Waals surface area (Å²) in [6, 6.07) is 48.5. The van der Waals surface area contributed by atoms with Gasteiger partial charge in [-0.1, -0.05) is 103 Å². The minimum absolute atomic E-state index is 0.912. The maximum Gasteiger partial charge on any atom is 0.135 e. The molecule has 0 aliphatic rings. The van der Waals surface area contributed by atoms with Crippen LogP contribution in [0, 0.1) is 0 Å². The Morgan fingerprint density at radius 1 is 0.351 bits per heavy atom. The molecule has 37 heavy (non-hydrogen) atoms. The van der Waals surface area contributed by atoms with Gasteiger partial charge >= 0.3 is 0 Å². The van der Waals surface area contributed by atoms with Crippen molar-refractivity contribution in [2.75, 3.05) is 0 Å². The van der Waals surface area contributed by atoms with E-state index in [2.05, 4.69) is 115 Å². The third-order valence-corrected chi connectivity index (χ3v) is 6.87. The van der Waals surface area contributed by atoms with Crippen LogP contribution in [0.15, 0.2) is 144 Å². The van der Waals surface area contributed by atoms with Crippen molar-refractivity contribution in [1.29, 1.82) is 0 Å². The van der Waals surface area contributed by atoms with E-state index in [-0.39, 0.29) is 0 Å². The molecular weight excluding hydrogens is 450 g/mol. The number of para-hydroxylation sites is 1. The van der Waals surface area contributed by atoms with Crippen LogP contribution < -0.4 is 0 Å². The zero-order valence-electron chi connectivity index (χ0n) is 20.1. The van der Waals surface area contributed by atoms with Crippen LogP contribution in [0.3, 0.4) is 0 Å². The molecule has 0 fully saturated rings. The molecule has 0 unspecified atom stereocenters. The highest BCUT2D eigenvalue weighted by molar-refractivity contribution is 6.06. The number of rotatable bonds is 4. The molecule has 5 aromatic carbocycles. The molecule has 0 spiro atoms. The van der Waals surface area contributed by atoms with Gasteiger partial charge in [0.15, 0.2) is 0 Å². The fourth-order valence-electron chi connectivity index (χ4n) is 4.99. The van der Waals surface area contributed by atoms with E-state index < -0.39 is 0 Å². The Labute approximate surface area is 215 Å². The molecule has 2 nitrogen and oxygen atoms in total. The highest BCUT2D eigenvalue weighted by Crippen LogP contribution is 2.35. The highest BCUT2D eigenvalue weighted by atomic mass is 16.3. The summed E-state index contributed by atoms with van der Waals surface area (Å²) in [5, 5.41) is 2.28. The Hall–Kier alpha value is -4.95. The normalized spacial score (nSPS) is 11.2. The quantitative estimate of drug-likeness (QED) is 0.254. The molecule has 7 aromatic rings. The van der Waals surface area contributed by atoms with Gasteiger partial charge in [-0.3, -0.25) is 0 Å². The van der Waals surface area contributed by atoms with Crippen molar-refractivity contribution in [1.82, 2.24) is 4.98 Å². The SMILES string of the molecule is c1ccc(-c2cc(-c3cccc(-c4ccc5oc6ccccc6c5c4)c3)cc(-c3ccccc3)n2)cc1. The molecule has 0 aliphatic heterocycles. The third-order valence-electron chi connectivity index (χ3n) is 6.87. The van der Waals surface area contributed by atoms with Crippen LogP contribution in [0.5, 0.6) is 0 Å². The number of hydrogen-bond donors (Lipinski definition) is 0. The van der Waals surface area contributed by atoms with Crippen LogP contribution in [0.25, 0.3) is 66.7 Å². The summed E-state index contributed by atoms with van der Waals surface area (Å²) in [5.74, 6) is 0. The number of fused-ring (bicyclic) bond motifs is 3. The van der Waals surface area contributed by atoms with Crippen molar-refractivity contribution in [2.24, 2.45) is 0 Å². The molecule has 7 rings (SSSR count). The van der Waals surface area contributed by atoms with E-state index in [9.17, 15) is 0 Å². The monoisotopic (exact) mass is 473 g/mol. The van der Waals surface area contributed by atoms with Crippen molar-refractivity contribution in [3.05, 3.63) is 140 Å². The lowest BCUT2D eigenvalue weighted by Crippen LogP contribution is -1.91. The molecule has 2 aromatic heterocycles. The van der Waals surface area contributed by atoms with Crippen LogP contribution in [-0.2, 0) is 0 Å². The van der Waals surface area contributed by atoms with Gasteiger partial charge < -0.3 is 4.42 Å². The molecule has 0 amide bonds. The van der Waals surface area contributed by atoms with E-state index in [0.717, 1.165) is 55.6 Å². The molecule has 0 radical (unpaired) electrons. The fourth-order valence-corrected chi connectivity index (χ4v) is 4.99. The summed E-state index contributed by atoms with van der Waals surface area (Å²) in [6.45, 7) is 0. The Morgan fingerprint density at radius 2 is 0.892 bits per heavy atom. The molecule has 2 heteroatoms. The molecule has 174 valence electrons. The van der Waals surface area contributed by atoms with Gasteiger partial charge in [-0.05, 0) is 58.7 Å². The molecule has 0 saturated carbocycles. The molecule has 2 heterocycles. The topological polar surface area (TPSA) is 26.0 Å². The minimum Gasteiger partial charge on any atom is -0.456 e. The average Bonchev–Trinajstić information content (AvgIpc) is 3.36. The number of hydrogen-bond acceptors (Lipinski definition) is 2. The second-order valence-electron chi connectivity index (χ2n) is 9.25. The van der Waals surface area contributed by atoms with E-state index >= 15 is 0 Å². The summed E-state index contributed by atoms with van der Waals surface area (Å²) in [4.78, 5) is 5.03. The van der Waals surface area contributed by atoms with Crippen molar-refractivity contribution >= 4 is 21.9 Å². The summed E-state index contributed by atoms with van der Waals surface area (Å²) >= 11 is 0. The Bertz CT molecular complexity index is 1810. The third kappa shape index (κ3) is 3.99. The lowest BCUT2D eigenvalue weighted by atomic mass is 9.96. The number of nitrogens with zero attached hydrogens (tertiary/aromatic N) is 1. The Balaban J connectivity index is 1.36. The van der Waals surface area contributed by atoms with E-state index in [0.29, 0.717) is 0 Å². The van der Waals surface area contributed by atoms with Gasteiger partial charge in [-0.25, -0.2) is 4.98 Å². The first-order valence-corrected chi connectivity index (χ1v) is 12.5. The average molecular weight is 474 g/mol. The smallest absolute Gasteiger partial charge is 0.135 e. The van der Waals surface area contributed by atoms with Crippen molar-refractivity contribution in [2.45, 2.75) is 0 Å². The summed E-state index contributed by atoms with van der Waals surface area (Å²) in [6.07, 6.45) is 0. The second kappa shape index (κ2) is 8.92. The maximum absolute atomic E-state index is 6.04. The van der Waals surface area contributed by atoms with Crippen molar-refractivity contribution in [3.63, 3.8) is 0 Å². The Kier molecular flexibility index (Phi) is 5.15. The standard InChI is InChI=1S/C35H23NO/c1-3-10-24(11-4-1)32-22-29(23-33(36-32)25-12-5-2-6-13-25)27-15-9-14-26(20-27)28-18-19-35-31(21-28)30-16-7-8-17-34(30)37-35/h1-23H. The van der Waals surface area contributed by atoms with Gasteiger partial charge in [0, 0.05) is 21.9 Å². The molecule has 0 saturated heterocycles. The molecule has 0 N–H and O–H groups in total. The van der Waals surface area contributed by atoms with Gasteiger partial charge in [0.25, 0.3) is 0 Å². The molecular formula is C35H23NO. The van der Waals surface area contributed by atoms with Crippen LogP contribution in [0.2, 0.25) is 0 Å². The van der Waals surface area contributed by atoms with Gasteiger partial charge in [-0.2, -0.15) is 0 Å². The van der Waals surface area contributed by atoms with Gasteiger partial charge in [0.05, 0.1) is 11.4 Å². The van der Waals surface area contributed by atoms with Crippen LogP contribution in [-0.4, -0.2) is 4.98 Å². The number of benzene rings is 5. The fraction of sp³-hybridized carbons (Fsp3) is 0. The zero-order valence-corrected chi connectivity index (χ0v) is 20.1. The summed E-state index contributed by atoms with van der Waals surface area (Å²) in [5.41, 5.74) is 10.6. The zero-order chi connectivity index (χ0) is 24.6. The maximum atomic E-state index is 6.04. The summed E-state index contributed by atoms with van der Waals surface area (Å²) in [7, 11) is 0. The van der Waals surface area contributed by atoms with Crippen LogP contribution in [0.4, 0.5) is 0 Å². The predicted octanol–water partition coefficient (Wildman–Crippen LogP) is 9.65. The van der Waals surface area contributed by atoms with E-state index in [1.807, 2.05) is 24.3 Å². The van der Waals surface area contributed by atoms with Crippen molar-refractivity contribution < 1.29 is 4.42 Å². The van der Waals surface area contributed by atoms with E-state index in [1.165, 1.54) is 11.1 Å². The van der Waals surface area contributed by atoms with Crippen molar-refractivity contribution in [3.8, 4) is 44.8 Å². The van der Waals surface area contributed by atoms with E-state index in [1.54, 1.807) is 0 Å². The van der Waals surface area contributed by atoms with Crippen LogP contribution >= 0.6 is 0 Å². The first kappa shape index (κ1) is 21.3. The van der Waals surface area contributed by atoms with E-state index in [4.69, 9.17) is 9.40 Å². The predicted molar refractivity (Wildman–Crippen MR) is 153 cm³/mol. The summed E-state index contributed by atoms with van der Waals surface area (Å²) < 4.78 is 6.04. The van der Waals surface area contributed by atoms with Crippen LogP contribution in [0.1, 0.15) is 0 Å². The molecule has 0 aliphatic carbocycles. The largest absolute Gasteiger partial charge is 0.456 e. The lowest BCUT2D eigenvalue weighted by molar-refractivity contribution is 0.669. The second-order valence-corrected chi connectivity index (χ2v) is 9.25. The van der Waals surface area contributed by atoms with Gasteiger partial charge in [-0.15, -0.1) is 0 Å². The van der Waals surface area contributed by atoms with Gasteiger partial charge in [0.2, 0.25) is 0 Å². The highest BCUT2D eigenvalue weighted by Gasteiger charge is 2.11. The number of aromatic nitrogens is 1. The molecule has 0 bridgehead atoms. The first-order valence-electron chi connectivity index (χ1n) is 12.5. The number of pyridine rings is 1. The Morgan fingerprint density at radius 3 is 1.59 bits per heavy atom. The minimum atomic E-state index is 0.912. The lowest BCUT2D eigenvalue weighted by Gasteiger charge is -2.11. The van der Waals surface area contributed by atoms with Gasteiger partial charge in [0.1, 0.15) is 11.2 Å². The number of furan rings is 1. The first-order chi connectivity index (χ1) is 18.3. The molecule has 0 atom stereocenters.